The van der Waals surface area contributed by atoms with Gasteiger partial charge in [0.15, 0.2) is 0 Å². The Bertz CT molecular complexity index is 1750. The molecule has 3 rings (SSSR count). The number of rotatable bonds is 61. The average molecular weight is 1240 g/mol. The van der Waals surface area contributed by atoms with Gasteiger partial charge >= 0.3 is 16.5 Å². The smallest absolute Gasteiger partial charge is 0.493 e. The molecule has 0 amide bonds. The van der Waals surface area contributed by atoms with Gasteiger partial charge in [0.05, 0.1) is 0 Å². The zero-order chi connectivity index (χ0) is 62.1. The van der Waals surface area contributed by atoms with E-state index in [9.17, 15) is 5.53 Å². The molecule has 87 heavy (non-hydrogen) atoms. The minimum Gasteiger partial charge on any atom is -0.493 e. The van der Waals surface area contributed by atoms with E-state index in [2.05, 4.69) is 96.3 Å². The summed E-state index contributed by atoms with van der Waals surface area (Å²) in [6, 6.07) is 16.8. The van der Waals surface area contributed by atoms with Gasteiger partial charge in [0.2, 0.25) is 11.4 Å². The molecule has 0 spiro atoms. The summed E-state index contributed by atoms with van der Waals surface area (Å²) in [6.07, 6.45) is 88.5. The van der Waals surface area contributed by atoms with Gasteiger partial charge in [-0.1, -0.05) is 397 Å². The summed E-state index contributed by atoms with van der Waals surface area (Å²) in [5, 5.41) is 0. The SMILES string of the molecule is C=CCCc1ccccc1C1=CC(CCCC)=C(c2ccccc2CCC=C)[N+]1=[N-].[CH2-]CCCCCCCCCCCCCCCCCCCCCCCCCCC.[CH2-]CCCCCCCCCCCCCCCCCCCCCCCCCCC.[Ni+2]. The maximum absolute atomic E-state index is 11.4. The molecule has 1 aliphatic heterocycles. The summed E-state index contributed by atoms with van der Waals surface area (Å²) in [5.74, 6) is 0. The summed E-state index contributed by atoms with van der Waals surface area (Å²) >= 11 is 0. The van der Waals surface area contributed by atoms with Crippen LogP contribution in [0.5, 0.6) is 0 Å². The molecule has 2 aromatic carbocycles. The molecule has 1 heterocycles. The molecular weight excluding hydrogens is 1100 g/mol. The number of aryl methyl sites for hydroxylation is 2. The summed E-state index contributed by atoms with van der Waals surface area (Å²) < 4.78 is 1.42. The summed E-state index contributed by atoms with van der Waals surface area (Å²) in [4.78, 5) is 0. The van der Waals surface area contributed by atoms with Gasteiger partial charge in [0.25, 0.3) is 0 Å². The molecule has 0 aromatic heterocycles. The Labute approximate surface area is 556 Å². The minimum atomic E-state index is 0. The van der Waals surface area contributed by atoms with Gasteiger partial charge < -0.3 is 19.4 Å². The van der Waals surface area contributed by atoms with Crippen molar-refractivity contribution >= 4 is 11.4 Å². The molecule has 0 bridgehead atoms. The van der Waals surface area contributed by atoms with Gasteiger partial charge in [0, 0.05) is 22.8 Å². The van der Waals surface area contributed by atoms with Crippen LogP contribution in [-0.2, 0) is 29.3 Å². The molecule has 3 heteroatoms. The number of nitrogens with zero attached hydrogens (tertiary/aromatic N) is 2. The Morgan fingerprint density at radius 3 is 0.839 bits per heavy atom. The first-order valence-corrected chi connectivity index (χ1v) is 38.4. The van der Waals surface area contributed by atoms with Crippen molar-refractivity contribution in [2.24, 2.45) is 0 Å². The van der Waals surface area contributed by atoms with E-state index < -0.39 is 0 Å². The molecule has 502 valence electrons. The molecule has 2 aromatic rings. The summed E-state index contributed by atoms with van der Waals surface area (Å²) in [6.45, 7) is 22.4. The van der Waals surface area contributed by atoms with Gasteiger partial charge in [0.1, 0.15) is 0 Å². The third-order valence-corrected chi connectivity index (χ3v) is 18.4. The van der Waals surface area contributed by atoms with Gasteiger partial charge in [-0.3, -0.25) is 0 Å². The predicted molar refractivity (Wildman–Crippen MR) is 390 cm³/mol. The molecule has 0 aliphatic carbocycles. The van der Waals surface area contributed by atoms with E-state index in [4.69, 9.17) is 0 Å². The molecule has 0 atom stereocenters. The Balaban J connectivity index is 0.00000127. The molecular formula is C84H146N2Ni. The fraction of sp³-hybridized carbons (Fsp3) is 0.738. The van der Waals surface area contributed by atoms with Gasteiger partial charge in [-0.05, 0) is 61.8 Å². The fourth-order valence-electron chi connectivity index (χ4n) is 12.7. The monoisotopic (exact) mass is 1240 g/mol. The topological polar surface area (TPSA) is 25.3 Å². The van der Waals surface area contributed by atoms with E-state index in [-0.39, 0.29) is 16.5 Å². The van der Waals surface area contributed by atoms with Crippen molar-refractivity contribution in [1.82, 2.24) is 0 Å². The van der Waals surface area contributed by atoms with Crippen molar-refractivity contribution < 1.29 is 21.2 Å². The van der Waals surface area contributed by atoms with Crippen LogP contribution in [0.1, 0.15) is 409 Å². The third kappa shape index (κ3) is 49.8. The quantitative estimate of drug-likeness (QED) is 0.0207. The van der Waals surface area contributed by atoms with Gasteiger partial charge in [-0.15, -0.1) is 13.2 Å². The van der Waals surface area contributed by atoms with Crippen LogP contribution in [0, 0.1) is 13.8 Å². The van der Waals surface area contributed by atoms with Crippen LogP contribution < -0.4 is 0 Å². The van der Waals surface area contributed by atoms with Crippen LogP contribution in [0.3, 0.4) is 0 Å². The van der Waals surface area contributed by atoms with Crippen LogP contribution in [-0.4, -0.2) is 4.70 Å². The van der Waals surface area contributed by atoms with E-state index >= 15 is 0 Å². The molecule has 0 N–H and O–H groups in total. The summed E-state index contributed by atoms with van der Waals surface area (Å²) in [5.41, 5.74) is 19.1. The third-order valence-electron chi connectivity index (χ3n) is 18.4. The van der Waals surface area contributed by atoms with E-state index in [1.54, 1.807) is 0 Å². The van der Waals surface area contributed by atoms with Crippen LogP contribution in [0.4, 0.5) is 0 Å². The van der Waals surface area contributed by atoms with Crippen molar-refractivity contribution in [3.63, 3.8) is 0 Å². The van der Waals surface area contributed by atoms with Crippen LogP contribution in [0.25, 0.3) is 16.9 Å². The normalized spacial score (nSPS) is 12.0. The first-order valence-electron chi connectivity index (χ1n) is 38.4. The zero-order valence-electron chi connectivity index (χ0n) is 58.6. The van der Waals surface area contributed by atoms with Crippen molar-refractivity contribution in [3.8, 4) is 0 Å². The van der Waals surface area contributed by atoms with E-state index in [0.717, 1.165) is 80.3 Å². The van der Waals surface area contributed by atoms with E-state index in [1.807, 2.05) is 18.2 Å². The van der Waals surface area contributed by atoms with Crippen LogP contribution >= 0.6 is 0 Å². The van der Waals surface area contributed by atoms with Crippen molar-refractivity contribution in [3.05, 3.63) is 127 Å². The van der Waals surface area contributed by atoms with Crippen molar-refractivity contribution in [2.45, 2.75) is 400 Å². The largest absolute Gasteiger partial charge is 2.00 e. The number of hydrogen-bond acceptors (Lipinski definition) is 0. The maximum Gasteiger partial charge on any atom is 2.00 e. The molecule has 2 nitrogen and oxygen atoms in total. The standard InChI is InChI=1S/C28H32N2.2C28H57.Ni/c1-4-7-14-22-17-10-12-19-25(22)27-21-24(16-9-6-3)28(30(27)29)26-20-13-11-18-23(26)15-8-5-2;2*1-3-5-7-9-11-13-15-17-19-21-23-25-27-28-26-24-22-20-18-16-14-12-10-8-6-4-2;/h4-5,10-13,17-21H,1-2,6-9,14-16H2,3H3;2*1,3-28H2,2H3;/q;2*-1;+2. The Hall–Kier alpha value is -2.51. The van der Waals surface area contributed by atoms with Crippen LogP contribution in [0.2, 0.25) is 0 Å². The second-order valence-electron chi connectivity index (χ2n) is 26.5. The van der Waals surface area contributed by atoms with E-state index in [1.165, 1.54) is 342 Å². The number of benzene rings is 2. The van der Waals surface area contributed by atoms with Crippen molar-refractivity contribution in [2.75, 3.05) is 0 Å². The molecule has 1 aliphatic rings. The minimum absolute atomic E-state index is 0. The Morgan fingerprint density at radius 2 is 0.575 bits per heavy atom. The fourth-order valence-corrected chi connectivity index (χ4v) is 12.7. The molecule has 0 saturated heterocycles. The molecule has 0 saturated carbocycles. The second-order valence-corrected chi connectivity index (χ2v) is 26.5. The maximum atomic E-state index is 11.4. The zero-order valence-corrected chi connectivity index (χ0v) is 59.6. The van der Waals surface area contributed by atoms with Gasteiger partial charge in [-0.25, -0.2) is 4.70 Å². The Kier molecular flexibility index (Phi) is 65.9. The molecule has 0 unspecified atom stereocenters. The van der Waals surface area contributed by atoms with Crippen molar-refractivity contribution in [1.29, 1.82) is 0 Å². The molecule has 0 radical (unpaired) electrons. The first-order chi connectivity index (χ1) is 42.5. The second kappa shape index (κ2) is 67.9. The Morgan fingerprint density at radius 1 is 0.333 bits per heavy atom. The summed E-state index contributed by atoms with van der Waals surface area (Å²) in [7, 11) is 0. The number of allylic oxidation sites excluding steroid dienone is 4. The van der Waals surface area contributed by atoms with E-state index in [0.29, 0.717) is 0 Å². The van der Waals surface area contributed by atoms with Gasteiger partial charge in [-0.2, -0.15) is 12.8 Å². The van der Waals surface area contributed by atoms with Crippen LogP contribution in [0.15, 0.2) is 85.5 Å². The predicted octanol–water partition coefficient (Wildman–Crippen LogP) is 29.9. The number of unbranched alkanes of at least 4 members (excludes halogenated alkanes) is 51. The molecule has 0 fully saturated rings. The average Bonchev–Trinajstić information content (AvgIpc) is 1.87. The first kappa shape index (κ1) is 84.5. The number of hydrogen-bond donors (Lipinski definition) is 0.